The minimum Gasteiger partial charge on any atom is -0.451 e. The van der Waals surface area contributed by atoms with Crippen molar-refractivity contribution in [1.29, 1.82) is 0 Å². The summed E-state index contributed by atoms with van der Waals surface area (Å²) in [6.07, 6.45) is 1.70. The molecule has 1 amide bonds. The van der Waals surface area contributed by atoms with E-state index in [1.165, 1.54) is 16.9 Å². The SMILES string of the molecule is CCC(CC)NC(=O)COC(=O)c1cc2c(C)nn(Cc3ccc(C)cc3)c2s1. The molecule has 29 heavy (non-hydrogen) atoms. The molecule has 0 saturated heterocycles. The number of thiophene rings is 1. The summed E-state index contributed by atoms with van der Waals surface area (Å²) in [6, 6.07) is 10.2. The second-order valence-electron chi connectivity index (χ2n) is 7.22. The van der Waals surface area contributed by atoms with Crippen molar-refractivity contribution in [3.8, 4) is 0 Å². The number of esters is 1. The zero-order valence-electron chi connectivity index (χ0n) is 17.3. The first-order valence-corrected chi connectivity index (χ1v) is 10.7. The molecule has 2 heterocycles. The lowest BCUT2D eigenvalue weighted by atomic mass is 10.1. The van der Waals surface area contributed by atoms with Crippen LogP contribution in [0.25, 0.3) is 10.2 Å². The van der Waals surface area contributed by atoms with Gasteiger partial charge in [-0.1, -0.05) is 43.7 Å². The minimum absolute atomic E-state index is 0.112. The lowest BCUT2D eigenvalue weighted by molar-refractivity contribution is -0.125. The van der Waals surface area contributed by atoms with Crippen molar-refractivity contribution in [2.75, 3.05) is 6.61 Å². The maximum Gasteiger partial charge on any atom is 0.348 e. The average Bonchev–Trinajstić information content (AvgIpc) is 3.27. The number of carbonyl (C=O) groups excluding carboxylic acids is 2. The summed E-state index contributed by atoms with van der Waals surface area (Å²) in [5, 5.41) is 8.41. The van der Waals surface area contributed by atoms with Crippen molar-refractivity contribution >= 4 is 33.4 Å². The van der Waals surface area contributed by atoms with Crippen molar-refractivity contribution in [2.45, 2.75) is 53.1 Å². The Morgan fingerprint density at radius 2 is 1.86 bits per heavy atom. The van der Waals surface area contributed by atoms with Crippen molar-refractivity contribution in [3.05, 3.63) is 52.0 Å². The molecule has 1 N–H and O–H groups in total. The van der Waals surface area contributed by atoms with Crippen LogP contribution in [-0.4, -0.2) is 34.3 Å². The van der Waals surface area contributed by atoms with Gasteiger partial charge in [-0.05, 0) is 38.3 Å². The molecule has 154 valence electrons. The van der Waals surface area contributed by atoms with Crippen LogP contribution in [0.15, 0.2) is 30.3 Å². The summed E-state index contributed by atoms with van der Waals surface area (Å²) in [6.45, 7) is 8.39. The second kappa shape index (κ2) is 9.22. The third-order valence-corrected chi connectivity index (χ3v) is 6.08. The molecular formula is C22H27N3O3S. The first-order chi connectivity index (χ1) is 13.9. The van der Waals surface area contributed by atoms with Gasteiger partial charge in [-0.25, -0.2) is 4.79 Å². The summed E-state index contributed by atoms with van der Waals surface area (Å²) in [5.41, 5.74) is 3.23. The van der Waals surface area contributed by atoms with E-state index in [1.54, 1.807) is 6.07 Å². The van der Waals surface area contributed by atoms with Gasteiger partial charge < -0.3 is 10.1 Å². The number of hydrogen-bond donors (Lipinski definition) is 1. The van der Waals surface area contributed by atoms with Crippen LogP contribution in [0.5, 0.6) is 0 Å². The molecule has 0 atom stereocenters. The quantitative estimate of drug-likeness (QED) is 0.561. The molecule has 0 spiro atoms. The summed E-state index contributed by atoms with van der Waals surface area (Å²) < 4.78 is 7.13. The molecule has 3 aromatic rings. The number of nitrogens with one attached hydrogen (secondary N) is 1. The number of fused-ring (bicyclic) bond motifs is 1. The van der Waals surface area contributed by atoms with Gasteiger partial charge >= 0.3 is 5.97 Å². The van der Waals surface area contributed by atoms with Crippen LogP contribution < -0.4 is 5.32 Å². The van der Waals surface area contributed by atoms with Gasteiger partial charge in [-0.2, -0.15) is 5.10 Å². The zero-order valence-corrected chi connectivity index (χ0v) is 18.1. The fraction of sp³-hybridized carbons (Fsp3) is 0.409. The zero-order chi connectivity index (χ0) is 21.0. The first kappa shape index (κ1) is 21.0. The monoisotopic (exact) mass is 413 g/mol. The van der Waals surface area contributed by atoms with Crippen molar-refractivity contribution < 1.29 is 14.3 Å². The van der Waals surface area contributed by atoms with E-state index in [0.717, 1.165) is 34.3 Å². The number of carbonyl (C=O) groups is 2. The molecule has 0 aliphatic rings. The Morgan fingerprint density at radius 3 is 2.52 bits per heavy atom. The molecule has 1 aromatic carbocycles. The molecule has 2 aromatic heterocycles. The van der Waals surface area contributed by atoms with Crippen LogP contribution in [0.1, 0.15) is 53.2 Å². The topological polar surface area (TPSA) is 73.2 Å². The van der Waals surface area contributed by atoms with E-state index >= 15 is 0 Å². The number of aryl methyl sites for hydroxylation is 2. The van der Waals surface area contributed by atoms with Gasteiger partial charge in [0.1, 0.15) is 9.71 Å². The molecule has 0 saturated carbocycles. The lowest BCUT2D eigenvalue weighted by Gasteiger charge is -2.14. The third kappa shape index (κ3) is 5.03. The second-order valence-corrected chi connectivity index (χ2v) is 8.25. The molecule has 0 unspecified atom stereocenters. The fourth-order valence-corrected chi connectivity index (χ4v) is 4.21. The molecule has 6 nitrogen and oxygen atoms in total. The number of ether oxygens (including phenoxy) is 1. The maximum absolute atomic E-state index is 12.4. The average molecular weight is 414 g/mol. The van der Waals surface area contributed by atoms with E-state index in [4.69, 9.17) is 4.74 Å². The largest absolute Gasteiger partial charge is 0.451 e. The van der Waals surface area contributed by atoms with Gasteiger partial charge in [0.15, 0.2) is 6.61 Å². The Kier molecular flexibility index (Phi) is 6.69. The molecule has 0 aliphatic carbocycles. The summed E-state index contributed by atoms with van der Waals surface area (Å²) >= 11 is 1.34. The van der Waals surface area contributed by atoms with Crippen LogP contribution in [-0.2, 0) is 16.1 Å². The Morgan fingerprint density at radius 1 is 1.17 bits per heavy atom. The summed E-state index contributed by atoms with van der Waals surface area (Å²) in [4.78, 5) is 25.8. The Bertz CT molecular complexity index is 1000. The first-order valence-electron chi connectivity index (χ1n) is 9.90. The van der Waals surface area contributed by atoms with E-state index < -0.39 is 5.97 Å². The van der Waals surface area contributed by atoms with E-state index in [9.17, 15) is 9.59 Å². The molecule has 0 fully saturated rings. The minimum atomic E-state index is -0.479. The summed E-state index contributed by atoms with van der Waals surface area (Å²) in [5.74, 6) is -0.748. The maximum atomic E-state index is 12.4. The lowest BCUT2D eigenvalue weighted by Crippen LogP contribution is -2.36. The van der Waals surface area contributed by atoms with Gasteiger partial charge in [0.2, 0.25) is 0 Å². The van der Waals surface area contributed by atoms with E-state index in [2.05, 4.69) is 41.6 Å². The van der Waals surface area contributed by atoms with E-state index in [0.29, 0.717) is 11.4 Å². The number of amides is 1. The highest BCUT2D eigenvalue weighted by atomic mass is 32.1. The molecule has 0 radical (unpaired) electrons. The normalized spacial score (nSPS) is 11.2. The molecular weight excluding hydrogens is 386 g/mol. The molecule has 0 aliphatic heterocycles. The van der Waals surface area contributed by atoms with Crippen LogP contribution in [0.3, 0.4) is 0 Å². The van der Waals surface area contributed by atoms with Gasteiger partial charge in [0.25, 0.3) is 5.91 Å². The van der Waals surface area contributed by atoms with Crippen molar-refractivity contribution in [2.24, 2.45) is 0 Å². The van der Waals surface area contributed by atoms with Gasteiger partial charge in [-0.3, -0.25) is 9.48 Å². The highest BCUT2D eigenvalue weighted by Crippen LogP contribution is 2.29. The van der Waals surface area contributed by atoms with Crippen LogP contribution >= 0.6 is 11.3 Å². The summed E-state index contributed by atoms with van der Waals surface area (Å²) in [7, 11) is 0. The number of nitrogens with zero attached hydrogens (tertiary/aromatic N) is 2. The van der Waals surface area contributed by atoms with Gasteiger partial charge in [-0.15, -0.1) is 11.3 Å². The number of benzene rings is 1. The van der Waals surface area contributed by atoms with Crippen molar-refractivity contribution in [1.82, 2.24) is 15.1 Å². The van der Waals surface area contributed by atoms with Crippen LogP contribution in [0, 0.1) is 13.8 Å². The highest BCUT2D eigenvalue weighted by molar-refractivity contribution is 7.20. The third-order valence-electron chi connectivity index (χ3n) is 4.95. The van der Waals surface area contributed by atoms with Crippen LogP contribution in [0.2, 0.25) is 0 Å². The standard InChI is InChI=1S/C22H27N3O3S/c1-5-17(6-2)23-20(26)13-28-22(27)19-11-18-15(4)24-25(21(18)29-19)12-16-9-7-14(3)8-10-16/h7-11,17H,5-6,12-13H2,1-4H3,(H,23,26). The number of hydrogen-bond acceptors (Lipinski definition) is 5. The predicted octanol–water partition coefficient (Wildman–Crippen LogP) is 4.22. The Labute approximate surface area is 174 Å². The van der Waals surface area contributed by atoms with Crippen molar-refractivity contribution in [3.63, 3.8) is 0 Å². The number of rotatable bonds is 8. The fourth-order valence-electron chi connectivity index (χ4n) is 3.15. The molecule has 7 heteroatoms. The predicted molar refractivity (Wildman–Crippen MR) is 115 cm³/mol. The van der Waals surface area contributed by atoms with E-state index in [1.807, 2.05) is 25.5 Å². The Balaban J connectivity index is 1.70. The van der Waals surface area contributed by atoms with Gasteiger partial charge in [0.05, 0.1) is 12.2 Å². The molecule has 0 bridgehead atoms. The van der Waals surface area contributed by atoms with Crippen LogP contribution in [0.4, 0.5) is 0 Å². The smallest absolute Gasteiger partial charge is 0.348 e. The molecule has 3 rings (SSSR count). The van der Waals surface area contributed by atoms with E-state index in [-0.39, 0.29) is 18.6 Å². The highest BCUT2D eigenvalue weighted by Gasteiger charge is 2.19. The Hall–Kier alpha value is -2.67. The van der Waals surface area contributed by atoms with Gasteiger partial charge in [0, 0.05) is 11.4 Å². The number of aromatic nitrogens is 2.